The topological polar surface area (TPSA) is 44.5 Å². The first-order valence-corrected chi connectivity index (χ1v) is 6.95. The molecule has 106 valence electrons. The van der Waals surface area contributed by atoms with Crippen LogP contribution in [0.2, 0.25) is 10.0 Å². The van der Waals surface area contributed by atoms with Gasteiger partial charge in [-0.05, 0) is 26.0 Å². The van der Waals surface area contributed by atoms with E-state index in [1.807, 2.05) is 0 Å². The highest BCUT2D eigenvalue weighted by molar-refractivity contribution is 6.37. The summed E-state index contributed by atoms with van der Waals surface area (Å²) in [5, 5.41) is 1.48. The van der Waals surface area contributed by atoms with Crippen LogP contribution in [-0.2, 0) is 0 Å². The summed E-state index contributed by atoms with van der Waals surface area (Å²) >= 11 is 17.9. The average molecular weight is 325 g/mol. The Morgan fingerprint density at radius 3 is 2.42 bits per heavy atom. The second-order valence-electron chi connectivity index (χ2n) is 3.81. The van der Waals surface area contributed by atoms with Crippen LogP contribution < -0.4 is 15.2 Å². The molecule has 0 saturated carbocycles. The third-order valence-electron chi connectivity index (χ3n) is 2.18. The van der Waals surface area contributed by atoms with Gasteiger partial charge in [0.1, 0.15) is 12.4 Å². The Morgan fingerprint density at radius 2 is 1.89 bits per heavy atom. The molecule has 19 heavy (non-hydrogen) atoms. The summed E-state index contributed by atoms with van der Waals surface area (Å²) in [5.74, 6) is 1.02. The molecule has 1 rings (SSSR count). The lowest BCUT2D eigenvalue weighted by molar-refractivity contribution is 0.312. The summed E-state index contributed by atoms with van der Waals surface area (Å²) < 4.78 is 10.9. The molecule has 0 bridgehead atoms. The van der Waals surface area contributed by atoms with Crippen molar-refractivity contribution in [3.05, 3.63) is 33.3 Å². The van der Waals surface area contributed by atoms with Crippen molar-refractivity contribution in [1.29, 1.82) is 0 Å². The fourth-order valence-corrected chi connectivity index (χ4v) is 1.91. The number of benzene rings is 1. The molecule has 1 aromatic carbocycles. The maximum atomic E-state index is 6.09. The molecule has 0 aliphatic heterocycles. The van der Waals surface area contributed by atoms with Crippen LogP contribution in [0.25, 0.3) is 0 Å². The van der Waals surface area contributed by atoms with Gasteiger partial charge in [-0.2, -0.15) is 0 Å². The van der Waals surface area contributed by atoms with Crippen LogP contribution in [0.1, 0.15) is 13.3 Å². The molecule has 6 heteroatoms. The molecule has 0 aliphatic carbocycles. The molecular formula is C13H16Cl3NO2. The molecule has 0 saturated heterocycles. The summed E-state index contributed by atoms with van der Waals surface area (Å²) in [5.41, 5.74) is 5.39. The highest BCUT2D eigenvalue weighted by atomic mass is 35.5. The minimum absolute atomic E-state index is 0.357. The second kappa shape index (κ2) is 8.54. The standard InChI is InChI=1S/C13H16Cl3NO2/c1-9(14)3-6-18-10-7-11(15)13(12(16)8-10)19-5-2-4-17/h3,7-8H,2,4-6,17H2,1H3/b9-3+. The predicted molar refractivity (Wildman–Crippen MR) is 80.7 cm³/mol. The van der Waals surface area contributed by atoms with Crippen LogP contribution in [0.15, 0.2) is 23.2 Å². The first-order valence-electron chi connectivity index (χ1n) is 5.81. The molecule has 0 aromatic heterocycles. The van der Waals surface area contributed by atoms with E-state index in [1.54, 1.807) is 25.1 Å². The van der Waals surface area contributed by atoms with Crippen LogP contribution >= 0.6 is 34.8 Å². The van der Waals surface area contributed by atoms with Crippen molar-refractivity contribution in [2.75, 3.05) is 19.8 Å². The summed E-state index contributed by atoms with van der Waals surface area (Å²) in [6, 6.07) is 3.31. The van der Waals surface area contributed by atoms with E-state index in [1.165, 1.54) is 0 Å². The van der Waals surface area contributed by atoms with Gasteiger partial charge in [-0.3, -0.25) is 0 Å². The summed E-state index contributed by atoms with van der Waals surface area (Å²) in [4.78, 5) is 0. The third-order valence-corrected chi connectivity index (χ3v) is 2.90. The molecule has 1 aromatic rings. The average Bonchev–Trinajstić information content (AvgIpc) is 2.32. The maximum absolute atomic E-state index is 6.09. The predicted octanol–water partition coefficient (Wildman–Crippen LogP) is 4.24. The Labute approximate surface area is 128 Å². The normalized spacial score (nSPS) is 11.5. The maximum Gasteiger partial charge on any atom is 0.156 e. The monoisotopic (exact) mass is 323 g/mol. The van der Waals surface area contributed by atoms with E-state index in [0.717, 1.165) is 6.42 Å². The van der Waals surface area contributed by atoms with E-state index in [9.17, 15) is 0 Å². The summed E-state index contributed by atoms with van der Waals surface area (Å²) in [6.07, 6.45) is 2.49. The molecule has 3 nitrogen and oxygen atoms in total. The van der Waals surface area contributed by atoms with Gasteiger partial charge in [0, 0.05) is 17.2 Å². The lowest BCUT2D eigenvalue weighted by Gasteiger charge is -2.11. The molecule has 2 N–H and O–H groups in total. The highest BCUT2D eigenvalue weighted by Crippen LogP contribution is 2.37. The Kier molecular flexibility index (Phi) is 7.39. The smallest absolute Gasteiger partial charge is 0.156 e. The minimum atomic E-state index is 0.357. The van der Waals surface area contributed by atoms with Gasteiger partial charge in [0.05, 0.1) is 16.7 Å². The Balaban J connectivity index is 2.70. The van der Waals surface area contributed by atoms with Crippen molar-refractivity contribution in [2.24, 2.45) is 5.73 Å². The lowest BCUT2D eigenvalue weighted by atomic mass is 10.3. The van der Waals surface area contributed by atoms with E-state index in [0.29, 0.717) is 46.3 Å². The van der Waals surface area contributed by atoms with Crippen LogP contribution in [0, 0.1) is 0 Å². The van der Waals surface area contributed by atoms with E-state index in [-0.39, 0.29) is 0 Å². The molecule has 0 spiro atoms. The van der Waals surface area contributed by atoms with Gasteiger partial charge in [0.15, 0.2) is 5.75 Å². The van der Waals surface area contributed by atoms with Crippen molar-refractivity contribution in [1.82, 2.24) is 0 Å². The molecule has 0 unspecified atom stereocenters. The van der Waals surface area contributed by atoms with Gasteiger partial charge in [0.25, 0.3) is 0 Å². The lowest BCUT2D eigenvalue weighted by Crippen LogP contribution is -2.06. The molecular weight excluding hydrogens is 309 g/mol. The largest absolute Gasteiger partial charge is 0.490 e. The first kappa shape index (κ1) is 16.4. The van der Waals surface area contributed by atoms with Crippen LogP contribution in [0.5, 0.6) is 11.5 Å². The highest BCUT2D eigenvalue weighted by Gasteiger charge is 2.10. The van der Waals surface area contributed by atoms with Gasteiger partial charge >= 0.3 is 0 Å². The van der Waals surface area contributed by atoms with Gasteiger partial charge in [-0.25, -0.2) is 0 Å². The van der Waals surface area contributed by atoms with Crippen molar-refractivity contribution >= 4 is 34.8 Å². The van der Waals surface area contributed by atoms with Crippen molar-refractivity contribution in [2.45, 2.75) is 13.3 Å². The fraction of sp³-hybridized carbons (Fsp3) is 0.385. The zero-order valence-corrected chi connectivity index (χ0v) is 12.9. The van der Waals surface area contributed by atoms with E-state index >= 15 is 0 Å². The first-order chi connectivity index (χ1) is 9.04. The van der Waals surface area contributed by atoms with Crippen molar-refractivity contribution in [3.63, 3.8) is 0 Å². The van der Waals surface area contributed by atoms with Gasteiger partial charge in [-0.15, -0.1) is 0 Å². The Morgan fingerprint density at radius 1 is 1.26 bits per heavy atom. The Bertz CT molecular complexity index is 423. The van der Waals surface area contributed by atoms with Crippen LogP contribution in [0.3, 0.4) is 0 Å². The summed E-state index contributed by atoms with van der Waals surface area (Å²) in [7, 11) is 0. The van der Waals surface area contributed by atoms with Crippen molar-refractivity contribution < 1.29 is 9.47 Å². The molecule has 0 fully saturated rings. The zero-order chi connectivity index (χ0) is 14.3. The number of ether oxygens (including phenoxy) is 2. The van der Waals surface area contributed by atoms with E-state index in [4.69, 9.17) is 50.0 Å². The van der Waals surface area contributed by atoms with E-state index in [2.05, 4.69) is 0 Å². The fourth-order valence-electron chi connectivity index (χ4n) is 1.27. The van der Waals surface area contributed by atoms with Crippen LogP contribution in [-0.4, -0.2) is 19.8 Å². The van der Waals surface area contributed by atoms with Gasteiger partial charge in [-0.1, -0.05) is 34.8 Å². The molecule has 0 amide bonds. The minimum Gasteiger partial charge on any atom is -0.490 e. The quantitative estimate of drug-likeness (QED) is 0.763. The molecule has 0 aliphatic rings. The number of hydrogen-bond acceptors (Lipinski definition) is 3. The number of halogens is 3. The number of nitrogens with two attached hydrogens (primary N) is 1. The number of allylic oxidation sites excluding steroid dienone is 1. The molecule has 0 heterocycles. The zero-order valence-electron chi connectivity index (χ0n) is 10.6. The van der Waals surface area contributed by atoms with Gasteiger partial charge in [0.2, 0.25) is 0 Å². The number of rotatable bonds is 7. The second-order valence-corrected chi connectivity index (χ2v) is 5.22. The van der Waals surface area contributed by atoms with Gasteiger partial charge < -0.3 is 15.2 Å². The van der Waals surface area contributed by atoms with E-state index < -0.39 is 0 Å². The third kappa shape index (κ3) is 5.91. The van der Waals surface area contributed by atoms with Crippen LogP contribution in [0.4, 0.5) is 0 Å². The van der Waals surface area contributed by atoms with Crippen molar-refractivity contribution in [3.8, 4) is 11.5 Å². The molecule has 0 atom stereocenters. The summed E-state index contributed by atoms with van der Waals surface area (Å²) in [6.45, 7) is 3.17. The Hall–Kier alpha value is -0.610. The SMILES string of the molecule is C/C(Cl)=C\COc1cc(Cl)c(OCCCN)c(Cl)c1. The molecule has 0 radical (unpaired) electrons. The number of hydrogen-bond donors (Lipinski definition) is 1.